The van der Waals surface area contributed by atoms with Crippen LogP contribution >= 0.6 is 0 Å². The van der Waals surface area contributed by atoms with E-state index in [2.05, 4.69) is 65.9 Å². The van der Waals surface area contributed by atoms with E-state index in [1.54, 1.807) is 4.90 Å². The third-order valence-electron chi connectivity index (χ3n) is 7.01. The highest BCUT2D eigenvalue weighted by molar-refractivity contribution is 5.96. The Labute approximate surface area is 215 Å². The van der Waals surface area contributed by atoms with Gasteiger partial charge in [0, 0.05) is 36.6 Å². The predicted molar refractivity (Wildman–Crippen MR) is 145 cm³/mol. The van der Waals surface area contributed by atoms with E-state index in [-0.39, 0.29) is 30.3 Å². The molecule has 5 heteroatoms. The highest BCUT2D eigenvalue weighted by Crippen LogP contribution is 2.25. The summed E-state index contributed by atoms with van der Waals surface area (Å²) in [5.74, 6) is 0.240. The first-order chi connectivity index (χ1) is 17.5. The second-order valence-electron chi connectivity index (χ2n) is 10.4. The van der Waals surface area contributed by atoms with Gasteiger partial charge in [-0.05, 0) is 48.6 Å². The molecule has 1 aliphatic rings. The van der Waals surface area contributed by atoms with Crippen molar-refractivity contribution < 1.29 is 9.59 Å². The molecule has 1 saturated carbocycles. The zero-order valence-corrected chi connectivity index (χ0v) is 21.7. The van der Waals surface area contributed by atoms with Crippen molar-refractivity contribution in [1.82, 2.24) is 14.4 Å². The Kier molecular flexibility index (Phi) is 8.99. The van der Waals surface area contributed by atoms with Crippen LogP contribution in [0.2, 0.25) is 0 Å². The second-order valence-corrected chi connectivity index (χ2v) is 10.4. The number of hydrogen-bond acceptors (Lipinski definition) is 2. The third kappa shape index (κ3) is 6.87. The number of aromatic nitrogens is 1. The van der Waals surface area contributed by atoms with E-state index >= 15 is 0 Å². The molecule has 1 heterocycles. The van der Waals surface area contributed by atoms with Gasteiger partial charge in [0.2, 0.25) is 5.91 Å². The Morgan fingerprint density at radius 2 is 1.56 bits per heavy atom. The fourth-order valence-corrected chi connectivity index (χ4v) is 5.19. The Bertz CT molecular complexity index is 1100. The Morgan fingerprint density at radius 3 is 2.22 bits per heavy atom. The molecule has 1 aliphatic carbocycles. The number of nitrogens with zero attached hydrogens (tertiary/aromatic N) is 3. The maximum Gasteiger partial charge on any atom is 0.254 e. The maximum atomic E-state index is 13.9. The minimum absolute atomic E-state index is 0.0410. The van der Waals surface area contributed by atoms with E-state index in [4.69, 9.17) is 0 Å². The molecule has 36 heavy (non-hydrogen) atoms. The van der Waals surface area contributed by atoms with Gasteiger partial charge in [-0.25, -0.2) is 0 Å². The zero-order chi connectivity index (χ0) is 25.3. The fraction of sp³-hybridized carbons (Fsp3) is 0.419. The number of hydrogen-bond donors (Lipinski definition) is 0. The summed E-state index contributed by atoms with van der Waals surface area (Å²) in [6, 6.07) is 24.1. The molecule has 190 valence electrons. The van der Waals surface area contributed by atoms with Crippen LogP contribution in [0.4, 0.5) is 0 Å². The number of rotatable bonds is 10. The molecule has 1 aromatic heterocycles. The van der Waals surface area contributed by atoms with E-state index in [1.807, 2.05) is 36.4 Å². The van der Waals surface area contributed by atoms with Crippen molar-refractivity contribution in [2.24, 2.45) is 5.92 Å². The molecule has 0 bridgehead atoms. The SMILES string of the molecule is CC(C)CN(CC(=O)N(Cc1cccn1Cc1ccccc1)C1CCCCC1)C(=O)c1ccccc1. The first kappa shape index (κ1) is 25.7. The molecular formula is C31H39N3O2. The van der Waals surface area contributed by atoms with Crippen molar-refractivity contribution in [2.75, 3.05) is 13.1 Å². The highest BCUT2D eigenvalue weighted by atomic mass is 16.2. The van der Waals surface area contributed by atoms with Gasteiger partial charge in [0.05, 0.1) is 6.54 Å². The van der Waals surface area contributed by atoms with Gasteiger partial charge in [0.15, 0.2) is 0 Å². The fourth-order valence-electron chi connectivity index (χ4n) is 5.19. The summed E-state index contributed by atoms with van der Waals surface area (Å²) in [6.07, 6.45) is 7.69. The highest BCUT2D eigenvalue weighted by Gasteiger charge is 2.29. The van der Waals surface area contributed by atoms with Crippen molar-refractivity contribution in [3.63, 3.8) is 0 Å². The van der Waals surface area contributed by atoms with E-state index < -0.39 is 0 Å². The number of carbonyl (C=O) groups is 2. The summed E-state index contributed by atoms with van der Waals surface area (Å²) in [5, 5.41) is 0. The molecule has 2 amide bonds. The molecule has 0 radical (unpaired) electrons. The molecule has 0 aliphatic heterocycles. The van der Waals surface area contributed by atoms with E-state index in [1.165, 1.54) is 12.0 Å². The van der Waals surface area contributed by atoms with E-state index in [0.717, 1.165) is 37.9 Å². The lowest BCUT2D eigenvalue weighted by molar-refractivity contribution is -0.135. The molecule has 5 nitrogen and oxygen atoms in total. The zero-order valence-electron chi connectivity index (χ0n) is 21.7. The van der Waals surface area contributed by atoms with Gasteiger partial charge in [-0.1, -0.05) is 81.6 Å². The predicted octanol–water partition coefficient (Wildman–Crippen LogP) is 6.00. The summed E-state index contributed by atoms with van der Waals surface area (Å²) >= 11 is 0. The summed E-state index contributed by atoms with van der Waals surface area (Å²) in [6.45, 7) is 6.20. The van der Waals surface area contributed by atoms with Crippen LogP contribution in [-0.4, -0.2) is 45.3 Å². The standard InChI is InChI=1S/C31H39N3O2/c1-25(2)21-33(31(36)27-15-8-4-9-16-27)24-30(35)34(28-17-10-5-11-18-28)23-29-19-12-20-32(29)22-26-13-6-3-7-14-26/h3-4,6-9,12-16,19-20,25,28H,5,10-11,17-18,21-24H2,1-2H3. The minimum atomic E-state index is -0.0753. The van der Waals surface area contributed by atoms with Crippen LogP contribution in [0.1, 0.15) is 67.6 Å². The first-order valence-corrected chi connectivity index (χ1v) is 13.3. The quantitative estimate of drug-likeness (QED) is 0.354. The molecule has 0 spiro atoms. The largest absolute Gasteiger partial charge is 0.345 e. The second kappa shape index (κ2) is 12.6. The molecule has 2 aromatic carbocycles. The Balaban J connectivity index is 1.54. The number of benzene rings is 2. The maximum absolute atomic E-state index is 13.9. The van der Waals surface area contributed by atoms with Crippen LogP contribution in [0, 0.1) is 5.92 Å². The molecule has 4 rings (SSSR count). The lowest BCUT2D eigenvalue weighted by Gasteiger charge is -2.36. The Morgan fingerprint density at radius 1 is 0.889 bits per heavy atom. The minimum Gasteiger partial charge on any atom is -0.345 e. The van der Waals surface area contributed by atoms with Gasteiger partial charge >= 0.3 is 0 Å². The van der Waals surface area contributed by atoms with Crippen LogP contribution in [0.15, 0.2) is 79.0 Å². The first-order valence-electron chi connectivity index (χ1n) is 13.3. The van der Waals surface area contributed by atoms with Gasteiger partial charge in [0.1, 0.15) is 6.54 Å². The van der Waals surface area contributed by atoms with Crippen molar-refractivity contribution >= 4 is 11.8 Å². The van der Waals surface area contributed by atoms with E-state index in [9.17, 15) is 9.59 Å². The van der Waals surface area contributed by atoms with Crippen LogP contribution in [-0.2, 0) is 17.9 Å². The molecule has 0 unspecified atom stereocenters. The third-order valence-corrected chi connectivity index (χ3v) is 7.01. The summed E-state index contributed by atoms with van der Waals surface area (Å²) in [5.41, 5.74) is 3.00. The van der Waals surface area contributed by atoms with Crippen molar-refractivity contribution in [3.05, 3.63) is 95.8 Å². The Hall–Kier alpha value is -3.34. The van der Waals surface area contributed by atoms with Gasteiger partial charge in [-0.2, -0.15) is 0 Å². The van der Waals surface area contributed by atoms with Crippen LogP contribution in [0.3, 0.4) is 0 Å². The van der Waals surface area contributed by atoms with Crippen LogP contribution in [0.25, 0.3) is 0 Å². The van der Waals surface area contributed by atoms with Gasteiger partial charge in [0.25, 0.3) is 5.91 Å². The average molecular weight is 486 g/mol. The molecule has 0 atom stereocenters. The van der Waals surface area contributed by atoms with Crippen LogP contribution in [0.5, 0.6) is 0 Å². The smallest absolute Gasteiger partial charge is 0.254 e. The monoisotopic (exact) mass is 485 g/mol. The van der Waals surface area contributed by atoms with Crippen molar-refractivity contribution in [1.29, 1.82) is 0 Å². The van der Waals surface area contributed by atoms with Crippen molar-refractivity contribution in [2.45, 2.75) is 65.1 Å². The molecule has 0 N–H and O–H groups in total. The number of carbonyl (C=O) groups excluding carboxylic acids is 2. The van der Waals surface area contributed by atoms with Gasteiger partial charge < -0.3 is 14.4 Å². The molecule has 0 saturated heterocycles. The summed E-state index contributed by atoms with van der Waals surface area (Å²) in [7, 11) is 0. The lowest BCUT2D eigenvalue weighted by atomic mass is 9.94. The van der Waals surface area contributed by atoms with Crippen molar-refractivity contribution in [3.8, 4) is 0 Å². The average Bonchev–Trinajstić information content (AvgIpc) is 3.34. The molecule has 1 fully saturated rings. The lowest BCUT2D eigenvalue weighted by Crippen LogP contribution is -2.48. The topological polar surface area (TPSA) is 45.6 Å². The normalized spacial score (nSPS) is 14.1. The van der Waals surface area contributed by atoms with Gasteiger partial charge in [-0.15, -0.1) is 0 Å². The molecular weight excluding hydrogens is 446 g/mol. The van der Waals surface area contributed by atoms with Gasteiger partial charge in [-0.3, -0.25) is 9.59 Å². The number of amides is 2. The van der Waals surface area contributed by atoms with E-state index in [0.29, 0.717) is 18.7 Å². The summed E-state index contributed by atoms with van der Waals surface area (Å²) in [4.78, 5) is 31.0. The van der Waals surface area contributed by atoms with Crippen LogP contribution < -0.4 is 0 Å². The molecule has 3 aromatic rings. The summed E-state index contributed by atoms with van der Waals surface area (Å²) < 4.78 is 2.24.